The number of rotatable bonds is 5. The Balaban J connectivity index is 2.41. The highest BCUT2D eigenvalue weighted by Crippen LogP contribution is 2.05. The minimum atomic E-state index is -0.0369. The molecule has 1 unspecified atom stereocenters. The van der Waals surface area contributed by atoms with Gasteiger partial charge in [0.05, 0.1) is 11.9 Å². The number of nitrogens with zero attached hydrogens (tertiary/aromatic N) is 2. The summed E-state index contributed by atoms with van der Waals surface area (Å²) in [5.41, 5.74) is 0.742. The van der Waals surface area contributed by atoms with Crippen molar-refractivity contribution in [2.24, 2.45) is 13.0 Å². The van der Waals surface area contributed by atoms with E-state index in [1.807, 2.05) is 20.9 Å². The van der Waals surface area contributed by atoms with E-state index >= 15 is 0 Å². The number of aromatic nitrogens is 2. The summed E-state index contributed by atoms with van der Waals surface area (Å²) >= 11 is 0. The molecular weight excluding hydrogens is 192 g/mol. The van der Waals surface area contributed by atoms with Crippen LogP contribution in [0.5, 0.6) is 0 Å². The molecule has 1 aromatic rings. The van der Waals surface area contributed by atoms with Crippen molar-refractivity contribution in [3.8, 4) is 0 Å². The van der Waals surface area contributed by atoms with Crippen molar-refractivity contribution in [3.05, 3.63) is 12.4 Å². The summed E-state index contributed by atoms with van der Waals surface area (Å²) in [6, 6.07) is 0. The van der Waals surface area contributed by atoms with Gasteiger partial charge in [-0.2, -0.15) is 5.10 Å². The smallest absolute Gasteiger partial charge is 0.228 e. The summed E-state index contributed by atoms with van der Waals surface area (Å²) in [7, 11) is 1.82. The molecule has 0 saturated heterocycles. The van der Waals surface area contributed by atoms with Gasteiger partial charge in [0.25, 0.3) is 0 Å². The molecule has 0 fully saturated rings. The molecule has 2 N–H and O–H groups in total. The van der Waals surface area contributed by atoms with Crippen LogP contribution < -0.4 is 10.6 Å². The van der Waals surface area contributed by atoms with Gasteiger partial charge in [-0.05, 0) is 6.54 Å². The van der Waals surface area contributed by atoms with E-state index in [2.05, 4.69) is 15.7 Å². The fourth-order valence-electron chi connectivity index (χ4n) is 1.20. The zero-order valence-electron chi connectivity index (χ0n) is 9.45. The SMILES string of the molecule is CCNCC(C)C(=O)Nc1cnn(C)c1. The van der Waals surface area contributed by atoms with Crippen LogP contribution in [0.25, 0.3) is 0 Å². The number of hydrogen-bond acceptors (Lipinski definition) is 3. The number of aryl methyl sites for hydroxylation is 1. The minimum absolute atomic E-state index is 0.0175. The molecule has 1 amide bonds. The average molecular weight is 210 g/mol. The van der Waals surface area contributed by atoms with E-state index in [1.165, 1.54) is 0 Å². The summed E-state index contributed by atoms with van der Waals surface area (Å²) in [5, 5.41) is 9.92. The molecule has 0 bridgehead atoms. The normalized spacial score (nSPS) is 12.5. The van der Waals surface area contributed by atoms with Crippen LogP contribution in [0, 0.1) is 5.92 Å². The second-order valence-corrected chi connectivity index (χ2v) is 3.60. The number of carbonyl (C=O) groups excluding carboxylic acids is 1. The molecule has 1 heterocycles. The first-order valence-electron chi connectivity index (χ1n) is 5.13. The van der Waals surface area contributed by atoms with E-state index in [9.17, 15) is 4.79 Å². The topological polar surface area (TPSA) is 59.0 Å². The van der Waals surface area contributed by atoms with Gasteiger partial charge in [0, 0.05) is 25.7 Å². The van der Waals surface area contributed by atoms with Crippen LogP contribution in [0.1, 0.15) is 13.8 Å². The lowest BCUT2D eigenvalue weighted by atomic mass is 10.1. The lowest BCUT2D eigenvalue weighted by Crippen LogP contribution is -2.30. The van der Waals surface area contributed by atoms with Crippen molar-refractivity contribution in [1.82, 2.24) is 15.1 Å². The number of amides is 1. The first-order chi connectivity index (χ1) is 7.13. The molecule has 1 rings (SSSR count). The van der Waals surface area contributed by atoms with E-state index < -0.39 is 0 Å². The maximum atomic E-state index is 11.6. The van der Waals surface area contributed by atoms with Crippen LogP contribution in [0.2, 0.25) is 0 Å². The van der Waals surface area contributed by atoms with E-state index in [4.69, 9.17) is 0 Å². The minimum Gasteiger partial charge on any atom is -0.323 e. The van der Waals surface area contributed by atoms with Crippen molar-refractivity contribution >= 4 is 11.6 Å². The molecule has 84 valence electrons. The highest BCUT2D eigenvalue weighted by atomic mass is 16.1. The molecule has 1 atom stereocenters. The standard InChI is InChI=1S/C10H18N4O/c1-4-11-5-8(2)10(15)13-9-6-12-14(3)7-9/h6-8,11H,4-5H2,1-3H3,(H,13,15). The summed E-state index contributed by atoms with van der Waals surface area (Å²) < 4.78 is 1.66. The third-order valence-electron chi connectivity index (χ3n) is 2.12. The zero-order chi connectivity index (χ0) is 11.3. The van der Waals surface area contributed by atoms with Crippen LogP contribution in [0.15, 0.2) is 12.4 Å². The van der Waals surface area contributed by atoms with Gasteiger partial charge >= 0.3 is 0 Å². The van der Waals surface area contributed by atoms with Crippen molar-refractivity contribution in [2.75, 3.05) is 18.4 Å². The van der Waals surface area contributed by atoms with E-state index in [0.29, 0.717) is 6.54 Å². The van der Waals surface area contributed by atoms with Crippen molar-refractivity contribution < 1.29 is 4.79 Å². The Morgan fingerprint density at radius 3 is 2.93 bits per heavy atom. The Kier molecular flexibility index (Phi) is 4.30. The fraction of sp³-hybridized carbons (Fsp3) is 0.600. The predicted molar refractivity (Wildman–Crippen MR) is 59.5 cm³/mol. The predicted octanol–water partition coefficient (Wildman–Crippen LogP) is 0.604. The summed E-state index contributed by atoms with van der Waals surface area (Å²) in [4.78, 5) is 11.6. The monoisotopic (exact) mass is 210 g/mol. The Hall–Kier alpha value is -1.36. The van der Waals surface area contributed by atoms with E-state index in [-0.39, 0.29) is 11.8 Å². The number of hydrogen-bond donors (Lipinski definition) is 2. The number of nitrogens with one attached hydrogen (secondary N) is 2. The van der Waals surface area contributed by atoms with Gasteiger partial charge in [-0.3, -0.25) is 9.48 Å². The van der Waals surface area contributed by atoms with Gasteiger partial charge in [-0.25, -0.2) is 0 Å². The Bertz CT molecular complexity index is 321. The molecule has 1 aromatic heterocycles. The van der Waals surface area contributed by atoms with Crippen molar-refractivity contribution in [1.29, 1.82) is 0 Å². The first kappa shape index (κ1) is 11.7. The largest absolute Gasteiger partial charge is 0.323 e. The van der Waals surface area contributed by atoms with Crippen molar-refractivity contribution in [2.45, 2.75) is 13.8 Å². The highest BCUT2D eigenvalue weighted by molar-refractivity contribution is 5.92. The lowest BCUT2D eigenvalue weighted by Gasteiger charge is -2.10. The molecule has 0 saturated carbocycles. The van der Waals surface area contributed by atoms with Crippen LogP contribution in [-0.4, -0.2) is 28.8 Å². The lowest BCUT2D eigenvalue weighted by molar-refractivity contribution is -0.119. The van der Waals surface area contributed by atoms with Gasteiger partial charge in [-0.1, -0.05) is 13.8 Å². The van der Waals surface area contributed by atoms with Gasteiger partial charge in [0.1, 0.15) is 0 Å². The fourth-order valence-corrected chi connectivity index (χ4v) is 1.20. The number of anilines is 1. The third-order valence-corrected chi connectivity index (χ3v) is 2.12. The van der Waals surface area contributed by atoms with Gasteiger partial charge in [0.15, 0.2) is 0 Å². The highest BCUT2D eigenvalue weighted by Gasteiger charge is 2.12. The van der Waals surface area contributed by atoms with Gasteiger partial charge in [0.2, 0.25) is 5.91 Å². The number of carbonyl (C=O) groups is 1. The molecule has 0 radical (unpaired) electrons. The molecule has 0 aliphatic rings. The second kappa shape index (κ2) is 5.50. The van der Waals surface area contributed by atoms with Crippen LogP contribution in [0.4, 0.5) is 5.69 Å². The Morgan fingerprint density at radius 1 is 1.67 bits per heavy atom. The molecule has 0 aromatic carbocycles. The summed E-state index contributed by atoms with van der Waals surface area (Å²) in [5.74, 6) is -0.0193. The van der Waals surface area contributed by atoms with E-state index in [1.54, 1.807) is 17.1 Å². The molecule has 0 spiro atoms. The molecule has 15 heavy (non-hydrogen) atoms. The molecular formula is C10H18N4O. The second-order valence-electron chi connectivity index (χ2n) is 3.60. The van der Waals surface area contributed by atoms with Gasteiger partial charge < -0.3 is 10.6 Å². The Labute approximate surface area is 89.9 Å². The summed E-state index contributed by atoms with van der Waals surface area (Å²) in [6.07, 6.45) is 3.41. The quantitative estimate of drug-likeness (QED) is 0.748. The van der Waals surface area contributed by atoms with Gasteiger partial charge in [-0.15, -0.1) is 0 Å². The summed E-state index contributed by atoms with van der Waals surface area (Å²) in [6.45, 7) is 5.49. The molecule has 0 aliphatic heterocycles. The molecule has 5 nitrogen and oxygen atoms in total. The molecule has 5 heteroatoms. The molecule has 0 aliphatic carbocycles. The first-order valence-corrected chi connectivity index (χ1v) is 5.13. The maximum Gasteiger partial charge on any atom is 0.228 e. The van der Waals surface area contributed by atoms with Crippen LogP contribution >= 0.6 is 0 Å². The average Bonchev–Trinajstić information content (AvgIpc) is 2.60. The Morgan fingerprint density at radius 2 is 2.40 bits per heavy atom. The third kappa shape index (κ3) is 3.71. The zero-order valence-corrected chi connectivity index (χ0v) is 9.45. The van der Waals surface area contributed by atoms with Crippen molar-refractivity contribution in [3.63, 3.8) is 0 Å². The van der Waals surface area contributed by atoms with Crippen LogP contribution in [0.3, 0.4) is 0 Å². The van der Waals surface area contributed by atoms with E-state index in [0.717, 1.165) is 12.2 Å². The van der Waals surface area contributed by atoms with Crippen LogP contribution in [-0.2, 0) is 11.8 Å². The maximum absolute atomic E-state index is 11.6.